The number of nitrogens with one attached hydrogen (secondary N) is 2. The Morgan fingerprint density at radius 2 is 2.14 bits per heavy atom. The molecular formula is C25H22BrF3N4O3. The van der Waals surface area contributed by atoms with Gasteiger partial charge < -0.3 is 20.1 Å². The van der Waals surface area contributed by atoms with E-state index in [0.29, 0.717) is 42.6 Å². The lowest BCUT2D eigenvalue weighted by Gasteiger charge is -2.17. The number of aliphatic hydroxyl groups is 1. The monoisotopic (exact) mass is 562 g/mol. The number of imidazole rings is 1. The number of likely N-dealkylation sites (tertiary alicyclic amines) is 1. The van der Waals surface area contributed by atoms with Crippen molar-refractivity contribution in [3.05, 3.63) is 64.4 Å². The van der Waals surface area contributed by atoms with Gasteiger partial charge in [-0.1, -0.05) is 27.9 Å². The van der Waals surface area contributed by atoms with Crippen LogP contribution >= 0.6 is 15.9 Å². The number of hydrogen-bond donors (Lipinski definition) is 3. The number of nitrogens with zero attached hydrogens (tertiary/aromatic N) is 2. The molecule has 4 rings (SSSR count). The minimum Gasteiger partial charge on any atom is -0.490 e. The maximum atomic E-state index is 13.0. The topological polar surface area (TPSA) is 90.5 Å². The second kappa shape index (κ2) is 11.2. The fraction of sp³-hybridized carbons (Fsp3) is 0.280. The van der Waals surface area contributed by atoms with Crippen LogP contribution in [0, 0.1) is 11.8 Å². The van der Waals surface area contributed by atoms with E-state index in [2.05, 4.69) is 48.0 Å². The Hall–Kier alpha value is -3.33. The molecule has 188 valence electrons. The van der Waals surface area contributed by atoms with Gasteiger partial charge in [0.25, 0.3) is 0 Å². The van der Waals surface area contributed by atoms with Crippen LogP contribution in [-0.2, 0) is 11.0 Å². The van der Waals surface area contributed by atoms with Crippen molar-refractivity contribution in [3.63, 3.8) is 0 Å². The summed E-state index contributed by atoms with van der Waals surface area (Å²) in [6.07, 6.45) is -3.49. The van der Waals surface area contributed by atoms with Crippen LogP contribution in [0.3, 0.4) is 0 Å². The molecule has 1 fully saturated rings. The molecule has 0 bridgehead atoms. The molecule has 1 aromatic heterocycles. The largest absolute Gasteiger partial charge is 0.490 e. The summed E-state index contributed by atoms with van der Waals surface area (Å²) in [6, 6.07) is 11.7. The first-order chi connectivity index (χ1) is 17.2. The summed E-state index contributed by atoms with van der Waals surface area (Å²) < 4.78 is 45.6. The Bertz CT molecular complexity index is 1300. The molecule has 1 aliphatic heterocycles. The summed E-state index contributed by atoms with van der Waals surface area (Å²) in [5.74, 6) is 4.99. The van der Waals surface area contributed by atoms with Gasteiger partial charge in [-0.25, -0.2) is 4.98 Å². The Balaban J connectivity index is 1.54. The predicted molar refractivity (Wildman–Crippen MR) is 131 cm³/mol. The standard InChI is InChI=1S/C25H22BrF3N4O3/c26-18-3-1-2-16(12-18)4-7-23(35)31-20-13-17(24-30-14-22(32-24)25(27,28)29)5-6-21(20)36-11-10-33-9-8-19(34)15-33/h1-3,5-6,12-14,19,34H,8-11,15H2,(H,30,32)(H,31,35). The number of rotatable bonds is 6. The fourth-order valence-electron chi connectivity index (χ4n) is 3.66. The number of H-pyrrole nitrogens is 1. The van der Waals surface area contributed by atoms with Crippen LogP contribution in [0.4, 0.5) is 18.9 Å². The van der Waals surface area contributed by atoms with Crippen LogP contribution in [-0.4, -0.2) is 58.2 Å². The first-order valence-electron chi connectivity index (χ1n) is 11.1. The third kappa shape index (κ3) is 6.87. The van der Waals surface area contributed by atoms with Gasteiger partial charge in [-0.15, -0.1) is 0 Å². The van der Waals surface area contributed by atoms with Crippen LogP contribution in [0.1, 0.15) is 17.7 Å². The SMILES string of the molecule is O=C(C#Cc1cccc(Br)c1)Nc1cc(-c2ncc(C(F)(F)F)[nH]2)ccc1OCCN1CCC(O)C1. The van der Waals surface area contributed by atoms with E-state index in [0.717, 1.165) is 11.0 Å². The van der Waals surface area contributed by atoms with Gasteiger partial charge in [0.15, 0.2) is 0 Å². The third-order valence-corrected chi connectivity index (χ3v) is 5.93. The van der Waals surface area contributed by atoms with Crippen molar-refractivity contribution in [1.29, 1.82) is 0 Å². The Kier molecular flexibility index (Phi) is 7.98. The number of amides is 1. The van der Waals surface area contributed by atoms with E-state index in [1.807, 2.05) is 6.07 Å². The molecule has 3 aromatic rings. The molecule has 2 heterocycles. The molecule has 1 amide bonds. The van der Waals surface area contributed by atoms with Crippen LogP contribution in [0.5, 0.6) is 5.75 Å². The number of aromatic amines is 1. The number of anilines is 1. The zero-order valence-electron chi connectivity index (χ0n) is 18.9. The molecule has 1 saturated heterocycles. The molecule has 0 radical (unpaired) electrons. The van der Waals surface area contributed by atoms with Gasteiger partial charge in [0.1, 0.15) is 23.9 Å². The molecule has 1 unspecified atom stereocenters. The molecule has 0 saturated carbocycles. The summed E-state index contributed by atoms with van der Waals surface area (Å²) in [5, 5.41) is 12.3. The Labute approximate surface area is 213 Å². The van der Waals surface area contributed by atoms with Crippen LogP contribution < -0.4 is 10.1 Å². The Morgan fingerprint density at radius 3 is 2.83 bits per heavy atom. The van der Waals surface area contributed by atoms with E-state index in [-0.39, 0.29) is 24.2 Å². The number of aromatic nitrogens is 2. The highest BCUT2D eigenvalue weighted by atomic mass is 79.9. The van der Waals surface area contributed by atoms with E-state index in [9.17, 15) is 23.1 Å². The van der Waals surface area contributed by atoms with Gasteiger partial charge in [-0.2, -0.15) is 13.2 Å². The van der Waals surface area contributed by atoms with E-state index < -0.39 is 17.8 Å². The highest BCUT2D eigenvalue weighted by molar-refractivity contribution is 9.10. The molecule has 2 aromatic carbocycles. The number of aliphatic hydroxyl groups excluding tert-OH is 1. The summed E-state index contributed by atoms with van der Waals surface area (Å²) in [6.45, 7) is 2.19. The number of β-amino-alcohol motifs (C(OH)–C–C–N with tert-alkyl or cyclic N) is 1. The van der Waals surface area contributed by atoms with E-state index in [1.54, 1.807) is 30.3 Å². The molecule has 11 heteroatoms. The van der Waals surface area contributed by atoms with Crippen molar-refractivity contribution in [2.24, 2.45) is 0 Å². The summed E-state index contributed by atoms with van der Waals surface area (Å²) in [7, 11) is 0. The average Bonchev–Trinajstić information content (AvgIpc) is 3.48. The number of alkyl halides is 3. The number of benzene rings is 2. The normalized spacial score (nSPS) is 15.9. The number of halogens is 4. The van der Waals surface area contributed by atoms with Gasteiger partial charge in [0, 0.05) is 41.2 Å². The van der Waals surface area contributed by atoms with Gasteiger partial charge in [-0.05, 0) is 42.8 Å². The maximum Gasteiger partial charge on any atom is 0.432 e. The number of carbonyl (C=O) groups is 1. The van der Waals surface area contributed by atoms with Crippen molar-refractivity contribution in [3.8, 4) is 29.0 Å². The molecule has 36 heavy (non-hydrogen) atoms. The second-order valence-corrected chi connectivity index (χ2v) is 9.08. The molecule has 0 aliphatic carbocycles. The Morgan fingerprint density at radius 1 is 1.31 bits per heavy atom. The smallest absolute Gasteiger partial charge is 0.432 e. The first kappa shape index (κ1) is 25.8. The van der Waals surface area contributed by atoms with Crippen LogP contribution in [0.15, 0.2) is 53.1 Å². The van der Waals surface area contributed by atoms with E-state index >= 15 is 0 Å². The minimum atomic E-state index is -4.56. The first-order valence-corrected chi connectivity index (χ1v) is 11.8. The quantitative estimate of drug-likeness (QED) is 0.390. The van der Waals surface area contributed by atoms with Gasteiger partial charge in [0.05, 0.1) is 18.0 Å². The average molecular weight is 563 g/mol. The highest BCUT2D eigenvalue weighted by Gasteiger charge is 2.33. The molecule has 7 nitrogen and oxygen atoms in total. The molecule has 1 aliphatic rings. The minimum absolute atomic E-state index is 0.00403. The molecule has 3 N–H and O–H groups in total. The number of carbonyl (C=O) groups excluding carboxylic acids is 1. The lowest BCUT2D eigenvalue weighted by atomic mass is 10.1. The van der Waals surface area contributed by atoms with Crippen molar-refractivity contribution in [1.82, 2.24) is 14.9 Å². The fourth-order valence-corrected chi connectivity index (χ4v) is 4.06. The third-order valence-electron chi connectivity index (χ3n) is 5.44. The van der Waals surface area contributed by atoms with Crippen LogP contribution in [0.25, 0.3) is 11.4 Å². The highest BCUT2D eigenvalue weighted by Crippen LogP contribution is 2.33. The van der Waals surface area contributed by atoms with Crippen molar-refractivity contribution < 1.29 is 27.8 Å². The van der Waals surface area contributed by atoms with Crippen LogP contribution in [0.2, 0.25) is 0 Å². The van der Waals surface area contributed by atoms with E-state index in [1.165, 1.54) is 6.07 Å². The maximum absolute atomic E-state index is 13.0. The molecule has 0 spiro atoms. The van der Waals surface area contributed by atoms with Crippen molar-refractivity contribution >= 4 is 27.5 Å². The second-order valence-electron chi connectivity index (χ2n) is 8.16. The zero-order chi connectivity index (χ0) is 25.7. The molecule has 1 atom stereocenters. The predicted octanol–water partition coefficient (Wildman–Crippen LogP) is 4.29. The van der Waals surface area contributed by atoms with Gasteiger partial charge in [-0.3, -0.25) is 9.69 Å². The summed E-state index contributed by atoms with van der Waals surface area (Å²) >= 11 is 3.35. The van der Waals surface area contributed by atoms with Gasteiger partial charge in [0.2, 0.25) is 0 Å². The summed E-state index contributed by atoms with van der Waals surface area (Å²) in [4.78, 5) is 20.7. The van der Waals surface area contributed by atoms with Crippen molar-refractivity contribution in [2.45, 2.75) is 18.7 Å². The van der Waals surface area contributed by atoms with E-state index in [4.69, 9.17) is 4.74 Å². The number of hydrogen-bond acceptors (Lipinski definition) is 5. The lowest BCUT2D eigenvalue weighted by molar-refractivity contribution is -0.140. The lowest BCUT2D eigenvalue weighted by Crippen LogP contribution is -2.27. The zero-order valence-corrected chi connectivity index (χ0v) is 20.5. The van der Waals surface area contributed by atoms with Gasteiger partial charge >= 0.3 is 12.1 Å². The molecular weight excluding hydrogens is 541 g/mol. The summed E-state index contributed by atoms with van der Waals surface area (Å²) in [5.41, 5.74) is 0.229. The number of ether oxygens (including phenoxy) is 1. The van der Waals surface area contributed by atoms with Crippen molar-refractivity contribution in [2.75, 3.05) is 31.6 Å².